The number of rotatable bonds is 0. The van der Waals surface area contributed by atoms with E-state index < -0.39 is 0 Å². The van der Waals surface area contributed by atoms with Crippen molar-refractivity contribution in [3.63, 3.8) is 0 Å². The van der Waals surface area contributed by atoms with Crippen LogP contribution in [0.25, 0.3) is 0 Å². The first-order valence-corrected chi connectivity index (χ1v) is 4.03. The smallest absolute Gasteiger partial charge is 0.120 e. The van der Waals surface area contributed by atoms with Crippen molar-refractivity contribution < 1.29 is 0 Å². The lowest BCUT2D eigenvalue weighted by atomic mass is 10.1. The number of fused-ring (bicyclic) bond motifs is 1. The Bertz CT molecular complexity index is 338. The molecule has 0 fully saturated rings. The number of hydrogen-bond acceptors (Lipinski definition) is 2. The first kappa shape index (κ1) is 7.17. The van der Waals surface area contributed by atoms with Gasteiger partial charge in [-0.05, 0) is 11.6 Å². The lowest BCUT2D eigenvalue weighted by molar-refractivity contribution is 0.814. The summed E-state index contributed by atoms with van der Waals surface area (Å²) < 4.78 is 0. The summed E-state index contributed by atoms with van der Waals surface area (Å²) in [5.41, 5.74) is 2.48. The van der Waals surface area contributed by atoms with Crippen molar-refractivity contribution in [1.82, 2.24) is 0 Å². The second-order valence-corrected chi connectivity index (χ2v) is 3.09. The quantitative estimate of drug-likeness (QED) is 0.573. The fraction of sp³-hybridized carbons (Fsp3) is 0.300. The Labute approximate surface area is 72.0 Å². The number of nitriles is 1. The molecule has 0 spiro atoms. The number of para-hydroxylation sites is 1. The van der Waals surface area contributed by atoms with Gasteiger partial charge in [0.2, 0.25) is 0 Å². The molecule has 1 aliphatic rings. The van der Waals surface area contributed by atoms with Crippen LogP contribution in [0.3, 0.4) is 0 Å². The summed E-state index contributed by atoms with van der Waals surface area (Å²) in [4.78, 5) is 2.04. The molecular formula is C10H10N2. The zero-order valence-corrected chi connectivity index (χ0v) is 6.99. The number of nitrogens with zero attached hydrogens (tertiary/aromatic N) is 2. The highest BCUT2D eigenvalue weighted by Crippen LogP contribution is 2.29. The maximum Gasteiger partial charge on any atom is 0.120 e. The predicted octanol–water partition coefficient (Wildman–Crippen LogP) is 1.57. The third-order valence-corrected chi connectivity index (χ3v) is 2.40. The van der Waals surface area contributed by atoms with Crippen LogP contribution >= 0.6 is 0 Å². The lowest BCUT2D eigenvalue weighted by Crippen LogP contribution is -2.25. The second kappa shape index (κ2) is 2.53. The van der Waals surface area contributed by atoms with Crippen molar-refractivity contribution >= 4 is 5.69 Å². The van der Waals surface area contributed by atoms with Gasteiger partial charge in [0, 0.05) is 19.2 Å². The third-order valence-electron chi connectivity index (χ3n) is 2.40. The van der Waals surface area contributed by atoms with E-state index in [1.54, 1.807) is 0 Å². The second-order valence-electron chi connectivity index (χ2n) is 3.09. The van der Waals surface area contributed by atoms with Crippen molar-refractivity contribution in [1.29, 1.82) is 5.26 Å². The van der Waals surface area contributed by atoms with Crippen LogP contribution < -0.4 is 4.90 Å². The van der Waals surface area contributed by atoms with Gasteiger partial charge in [0.05, 0.1) is 6.07 Å². The summed E-state index contributed by atoms with van der Waals surface area (Å²) >= 11 is 0. The fourth-order valence-electron chi connectivity index (χ4n) is 1.67. The molecular weight excluding hydrogens is 148 g/mol. The molecule has 60 valence electrons. The number of likely N-dealkylation sites (N-methyl/N-ethyl adjacent to an activating group) is 1. The first-order valence-electron chi connectivity index (χ1n) is 4.03. The Morgan fingerprint density at radius 2 is 2.25 bits per heavy atom. The number of hydrogen-bond donors (Lipinski definition) is 0. The van der Waals surface area contributed by atoms with E-state index in [2.05, 4.69) is 18.2 Å². The van der Waals surface area contributed by atoms with E-state index >= 15 is 0 Å². The molecule has 0 saturated carbocycles. The van der Waals surface area contributed by atoms with Crippen LogP contribution in [0.15, 0.2) is 24.3 Å². The monoisotopic (exact) mass is 158 g/mol. The van der Waals surface area contributed by atoms with E-state index in [4.69, 9.17) is 5.26 Å². The summed E-state index contributed by atoms with van der Waals surface area (Å²) in [6.07, 6.45) is 0.864. The molecule has 0 aliphatic carbocycles. The number of anilines is 1. The molecule has 0 bridgehead atoms. The molecule has 0 aromatic heterocycles. The van der Waals surface area contributed by atoms with Gasteiger partial charge in [-0.15, -0.1) is 0 Å². The average molecular weight is 158 g/mol. The van der Waals surface area contributed by atoms with Gasteiger partial charge in [-0.2, -0.15) is 5.26 Å². The molecule has 0 amide bonds. The molecule has 1 unspecified atom stereocenters. The third kappa shape index (κ3) is 0.868. The largest absolute Gasteiger partial charge is 0.358 e. The van der Waals surface area contributed by atoms with E-state index in [0.29, 0.717) is 0 Å². The summed E-state index contributed by atoms with van der Waals surface area (Å²) in [7, 11) is 1.97. The highest BCUT2D eigenvalue weighted by Gasteiger charge is 2.24. The highest BCUT2D eigenvalue weighted by molar-refractivity contribution is 5.60. The van der Waals surface area contributed by atoms with Gasteiger partial charge in [-0.3, -0.25) is 0 Å². The topological polar surface area (TPSA) is 27.0 Å². The lowest BCUT2D eigenvalue weighted by Gasteiger charge is -2.15. The molecule has 2 heteroatoms. The van der Waals surface area contributed by atoms with Crippen molar-refractivity contribution in [2.24, 2.45) is 0 Å². The van der Waals surface area contributed by atoms with Crippen molar-refractivity contribution in [2.75, 3.05) is 11.9 Å². The Morgan fingerprint density at radius 3 is 2.92 bits per heavy atom. The van der Waals surface area contributed by atoms with E-state index in [9.17, 15) is 0 Å². The van der Waals surface area contributed by atoms with Crippen LogP contribution in [0.1, 0.15) is 5.56 Å². The van der Waals surface area contributed by atoms with Gasteiger partial charge in [-0.25, -0.2) is 0 Å². The van der Waals surface area contributed by atoms with Gasteiger partial charge in [0.1, 0.15) is 6.04 Å². The molecule has 1 aliphatic heterocycles. The molecule has 12 heavy (non-hydrogen) atoms. The minimum atomic E-state index is 0.0300. The fourth-order valence-corrected chi connectivity index (χ4v) is 1.67. The minimum absolute atomic E-state index is 0.0300. The predicted molar refractivity (Wildman–Crippen MR) is 48.0 cm³/mol. The Kier molecular flexibility index (Phi) is 1.51. The molecule has 0 radical (unpaired) electrons. The normalized spacial score (nSPS) is 20.3. The molecule has 2 nitrogen and oxygen atoms in total. The maximum absolute atomic E-state index is 8.82. The first-order chi connectivity index (χ1) is 5.83. The van der Waals surface area contributed by atoms with Gasteiger partial charge in [0.15, 0.2) is 0 Å². The summed E-state index contributed by atoms with van der Waals surface area (Å²) in [6, 6.07) is 10.5. The van der Waals surface area contributed by atoms with E-state index in [1.807, 2.05) is 24.1 Å². The van der Waals surface area contributed by atoms with Crippen LogP contribution in [-0.2, 0) is 6.42 Å². The standard InChI is InChI=1S/C10H10N2/c1-12-9(7-11)6-8-4-2-3-5-10(8)12/h2-5,9H,6H2,1H3. The molecule has 1 aromatic rings. The van der Waals surface area contributed by atoms with Crippen LogP contribution in [0.4, 0.5) is 5.69 Å². The Morgan fingerprint density at radius 1 is 1.50 bits per heavy atom. The zero-order valence-electron chi connectivity index (χ0n) is 6.99. The van der Waals surface area contributed by atoms with Gasteiger partial charge in [-0.1, -0.05) is 18.2 Å². The van der Waals surface area contributed by atoms with Crippen LogP contribution in [0.5, 0.6) is 0 Å². The molecule has 0 N–H and O–H groups in total. The summed E-state index contributed by atoms with van der Waals surface area (Å²) in [5.74, 6) is 0. The van der Waals surface area contributed by atoms with E-state index in [0.717, 1.165) is 6.42 Å². The van der Waals surface area contributed by atoms with Crippen LogP contribution in [0, 0.1) is 11.3 Å². The molecule has 0 saturated heterocycles. The van der Waals surface area contributed by atoms with Gasteiger partial charge < -0.3 is 4.90 Å². The van der Waals surface area contributed by atoms with Crippen LogP contribution in [-0.4, -0.2) is 13.1 Å². The number of benzene rings is 1. The molecule has 2 rings (SSSR count). The maximum atomic E-state index is 8.82. The summed E-state index contributed by atoms with van der Waals surface area (Å²) in [6.45, 7) is 0. The van der Waals surface area contributed by atoms with Crippen molar-refractivity contribution in [3.05, 3.63) is 29.8 Å². The average Bonchev–Trinajstić information content (AvgIpc) is 2.44. The van der Waals surface area contributed by atoms with Crippen LogP contribution in [0.2, 0.25) is 0 Å². The molecule has 1 aromatic carbocycles. The van der Waals surface area contributed by atoms with Gasteiger partial charge >= 0.3 is 0 Å². The Hall–Kier alpha value is -1.49. The summed E-state index contributed by atoms with van der Waals surface area (Å²) in [5, 5.41) is 8.82. The zero-order chi connectivity index (χ0) is 8.55. The van der Waals surface area contributed by atoms with E-state index in [-0.39, 0.29) is 6.04 Å². The molecule has 1 heterocycles. The Balaban J connectivity index is 2.44. The van der Waals surface area contributed by atoms with Crippen molar-refractivity contribution in [2.45, 2.75) is 12.5 Å². The van der Waals surface area contributed by atoms with E-state index in [1.165, 1.54) is 11.3 Å². The van der Waals surface area contributed by atoms with Gasteiger partial charge in [0.25, 0.3) is 0 Å². The minimum Gasteiger partial charge on any atom is -0.358 e. The highest BCUT2D eigenvalue weighted by atomic mass is 15.2. The molecule has 1 atom stereocenters. The van der Waals surface area contributed by atoms with Crippen molar-refractivity contribution in [3.8, 4) is 6.07 Å². The SMILES string of the molecule is CN1c2ccccc2CC1C#N.